The van der Waals surface area contributed by atoms with Crippen LogP contribution in [0.4, 0.5) is 5.69 Å². The molecule has 0 heterocycles. The number of hydrogen-bond donors (Lipinski definition) is 1. The Morgan fingerprint density at radius 3 is 2.30 bits per heavy atom. The molecule has 1 N–H and O–H groups in total. The van der Waals surface area contributed by atoms with Crippen molar-refractivity contribution >= 4 is 39.1 Å². The van der Waals surface area contributed by atoms with Crippen molar-refractivity contribution in [3.05, 3.63) is 94.5 Å². The van der Waals surface area contributed by atoms with Gasteiger partial charge in [0.15, 0.2) is 0 Å². The van der Waals surface area contributed by atoms with E-state index in [0.717, 1.165) is 29.4 Å². The Morgan fingerprint density at radius 2 is 1.70 bits per heavy atom. The fourth-order valence-corrected chi connectivity index (χ4v) is 5.99. The quantitative estimate of drug-likeness (QED) is 0.231. The van der Waals surface area contributed by atoms with Crippen LogP contribution in [-0.2, 0) is 32.6 Å². The molecular formula is C33H42ClN3O5S. The molecule has 0 aromatic heterocycles. The van der Waals surface area contributed by atoms with Gasteiger partial charge in [0.05, 0.1) is 24.1 Å². The van der Waals surface area contributed by atoms with Crippen LogP contribution in [0.5, 0.6) is 5.75 Å². The standard InChI is InChI=1S/C33H42ClN3O5S/c1-6-25(3)35-33(39)30(21-26-14-8-7-9-15-26)36(23-27-16-11-10-13-24(27)2)32(38)17-12-20-37(43(5,40)41)28-18-19-31(42-4)29(34)22-28/h7-11,13-16,18-19,22,25,30H,6,12,17,20-21,23H2,1-5H3,(H,35,39)/t25-,30-/m1/s1. The Kier molecular flexibility index (Phi) is 12.5. The van der Waals surface area contributed by atoms with Crippen LogP contribution in [0.3, 0.4) is 0 Å². The van der Waals surface area contributed by atoms with Crippen LogP contribution in [0.1, 0.15) is 49.8 Å². The minimum atomic E-state index is -3.67. The maximum absolute atomic E-state index is 14.0. The summed E-state index contributed by atoms with van der Waals surface area (Å²) in [6.07, 6.45) is 2.51. The van der Waals surface area contributed by atoms with Gasteiger partial charge in [0.1, 0.15) is 11.8 Å². The number of sulfonamides is 1. The molecule has 3 aromatic carbocycles. The summed E-state index contributed by atoms with van der Waals surface area (Å²) in [5.41, 5.74) is 3.28. The van der Waals surface area contributed by atoms with Gasteiger partial charge in [-0.05, 0) is 61.6 Å². The molecule has 0 spiro atoms. The number of benzene rings is 3. The molecule has 0 aliphatic rings. The van der Waals surface area contributed by atoms with Crippen LogP contribution >= 0.6 is 11.6 Å². The summed E-state index contributed by atoms with van der Waals surface area (Å²) in [6.45, 7) is 6.23. The maximum atomic E-state index is 14.0. The van der Waals surface area contributed by atoms with Crippen LogP contribution in [-0.4, -0.2) is 57.1 Å². The first-order valence-corrected chi connectivity index (χ1v) is 16.7. The van der Waals surface area contributed by atoms with Crippen LogP contribution in [0, 0.1) is 6.92 Å². The third-order valence-corrected chi connectivity index (χ3v) is 8.94. The van der Waals surface area contributed by atoms with Gasteiger partial charge in [0, 0.05) is 32.0 Å². The van der Waals surface area contributed by atoms with Crippen molar-refractivity contribution in [2.75, 3.05) is 24.2 Å². The van der Waals surface area contributed by atoms with Crippen molar-refractivity contribution < 1.29 is 22.7 Å². The van der Waals surface area contributed by atoms with Gasteiger partial charge in [-0.2, -0.15) is 0 Å². The zero-order chi connectivity index (χ0) is 31.6. The van der Waals surface area contributed by atoms with Crippen LogP contribution < -0.4 is 14.4 Å². The minimum Gasteiger partial charge on any atom is -0.495 e. The molecule has 3 aromatic rings. The molecule has 2 atom stereocenters. The first-order chi connectivity index (χ1) is 20.4. The third kappa shape index (κ3) is 9.73. The molecule has 10 heteroatoms. The summed E-state index contributed by atoms with van der Waals surface area (Å²) < 4.78 is 31.9. The van der Waals surface area contributed by atoms with Gasteiger partial charge in [-0.1, -0.05) is 73.1 Å². The van der Waals surface area contributed by atoms with Crippen molar-refractivity contribution in [1.29, 1.82) is 0 Å². The molecule has 3 rings (SSSR count). The van der Waals surface area contributed by atoms with E-state index in [1.165, 1.54) is 17.5 Å². The Hall–Kier alpha value is -3.56. The van der Waals surface area contributed by atoms with E-state index in [2.05, 4.69) is 5.32 Å². The number of rotatable bonds is 15. The van der Waals surface area contributed by atoms with Crippen molar-refractivity contribution in [3.8, 4) is 5.75 Å². The molecule has 0 fully saturated rings. The maximum Gasteiger partial charge on any atom is 0.243 e. The van der Waals surface area contributed by atoms with Crippen LogP contribution in [0.15, 0.2) is 72.8 Å². The molecule has 0 unspecified atom stereocenters. The Balaban J connectivity index is 1.90. The van der Waals surface area contributed by atoms with Gasteiger partial charge in [0.2, 0.25) is 21.8 Å². The molecule has 0 aliphatic heterocycles. The molecule has 2 amide bonds. The molecular weight excluding hydrogens is 586 g/mol. The average molecular weight is 628 g/mol. The highest BCUT2D eigenvalue weighted by Crippen LogP contribution is 2.30. The predicted octanol–water partition coefficient (Wildman–Crippen LogP) is 5.76. The van der Waals surface area contributed by atoms with E-state index in [-0.39, 0.29) is 48.8 Å². The van der Waals surface area contributed by atoms with E-state index in [4.69, 9.17) is 16.3 Å². The number of hydrogen-bond acceptors (Lipinski definition) is 5. The zero-order valence-corrected chi connectivity index (χ0v) is 27.1. The number of nitrogens with zero attached hydrogens (tertiary/aromatic N) is 2. The number of carbonyl (C=O) groups excluding carboxylic acids is 2. The lowest BCUT2D eigenvalue weighted by Gasteiger charge is -2.33. The highest BCUT2D eigenvalue weighted by molar-refractivity contribution is 7.92. The molecule has 0 bridgehead atoms. The van der Waals surface area contributed by atoms with Gasteiger partial charge in [0.25, 0.3) is 0 Å². The molecule has 0 aliphatic carbocycles. The largest absolute Gasteiger partial charge is 0.495 e. The third-order valence-electron chi connectivity index (χ3n) is 7.45. The predicted molar refractivity (Wildman–Crippen MR) is 173 cm³/mol. The van der Waals surface area contributed by atoms with Crippen molar-refractivity contribution in [1.82, 2.24) is 10.2 Å². The van der Waals surface area contributed by atoms with Crippen molar-refractivity contribution in [3.63, 3.8) is 0 Å². The first-order valence-electron chi connectivity index (χ1n) is 14.4. The van der Waals surface area contributed by atoms with Gasteiger partial charge >= 0.3 is 0 Å². The Labute approximate surface area is 261 Å². The smallest absolute Gasteiger partial charge is 0.243 e. The zero-order valence-electron chi connectivity index (χ0n) is 25.5. The van der Waals surface area contributed by atoms with E-state index in [1.54, 1.807) is 17.0 Å². The molecule has 0 radical (unpaired) electrons. The van der Waals surface area contributed by atoms with E-state index < -0.39 is 16.1 Å². The Morgan fingerprint density at radius 1 is 1.02 bits per heavy atom. The van der Waals surface area contributed by atoms with Crippen molar-refractivity contribution in [2.24, 2.45) is 0 Å². The second-order valence-electron chi connectivity index (χ2n) is 10.7. The molecule has 232 valence electrons. The number of ether oxygens (including phenoxy) is 1. The number of aryl methyl sites for hydroxylation is 1. The topological polar surface area (TPSA) is 96.0 Å². The van der Waals surface area contributed by atoms with Gasteiger partial charge < -0.3 is 15.0 Å². The first kappa shape index (κ1) is 33.9. The summed E-state index contributed by atoms with van der Waals surface area (Å²) in [5.74, 6) is -0.0171. The second-order valence-corrected chi connectivity index (χ2v) is 13.0. The number of amides is 2. The van der Waals surface area contributed by atoms with Gasteiger partial charge in [-0.25, -0.2) is 8.42 Å². The fraction of sp³-hybridized carbons (Fsp3) is 0.394. The number of methoxy groups -OCH3 is 1. The van der Waals surface area contributed by atoms with Gasteiger partial charge in [-0.15, -0.1) is 0 Å². The van der Waals surface area contributed by atoms with Crippen LogP contribution in [0.25, 0.3) is 0 Å². The number of nitrogens with one attached hydrogen (secondary N) is 1. The van der Waals surface area contributed by atoms with Gasteiger partial charge in [-0.3, -0.25) is 13.9 Å². The highest BCUT2D eigenvalue weighted by Gasteiger charge is 2.31. The summed E-state index contributed by atoms with van der Waals surface area (Å²) in [7, 11) is -2.18. The molecule has 8 nitrogen and oxygen atoms in total. The lowest BCUT2D eigenvalue weighted by atomic mass is 10.0. The normalized spacial score (nSPS) is 12.7. The summed E-state index contributed by atoms with van der Waals surface area (Å²) in [4.78, 5) is 29.3. The van der Waals surface area contributed by atoms with E-state index in [1.807, 2.05) is 75.4 Å². The number of anilines is 1. The molecule has 0 saturated carbocycles. The average Bonchev–Trinajstić information content (AvgIpc) is 2.97. The fourth-order valence-electron chi connectivity index (χ4n) is 4.78. The van der Waals surface area contributed by atoms with E-state index in [9.17, 15) is 18.0 Å². The summed E-state index contributed by atoms with van der Waals surface area (Å²) in [5, 5.41) is 3.36. The molecule has 0 saturated heterocycles. The summed E-state index contributed by atoms with van der Waals surface area (Å²) in [6, 6.07) is 21.4. The summed E-state index contributed by atoms with van der Waals surface area (Å²) >= 11 is 6.27. The lowest BCUT2D eigenvalue weighted by Crippen LogP contribution is -2.52. The molecule has 43 heavy (non-hydrogen) atoms. The van der Waals surface area contributed by atoms with Crippen molar-refractivity contribution in [2.45, 2.75) is 65.1 Å². The SMILES string of the molecule is CC[C@@H](C)NC(=O)[C@@H](Cc1ccccc1)N(Cc1ccccc1C)C(=O)CCCN(c1ccc(OC)c(Cl)c1)S(C)(=O)=O. The number of carbonyl (C=O) groups is 2. The van der Waals surface area contributed by atoms with E-state index >= 15 is 0 Å². The monoisotopic (exact) mass is 627 g/mol. The second kappa shape index (κ2) is 15.8. The highest BCUT2D eigenvalue weighted by atomic mass is 35.5. The Bertz CT molecular complexity index is 1480. The number of halogens is 1. The lowest BCUT2D eigenvalue weighted by molar-refractivity contribution is -0.141. The van der Waals surface area contributed by atoms with E-state index in [0.29, 0.717) is 17.9 Å². The minimum absolute atomic E-state index is 0.0453. The van der Waals surface area contributed by atoms with Crippen LogP contribution in [0.2, 0.25) is 5.02 Å².